The van der Waals surface area contributed by atoms with Crippen LogP contribution in [-0.2, 0) is 15.9 Å². The zero-order valence-corrected chi connectivity index (χ0v) is 6.58. The Hall–Kier alpha value is -0.234. The van der Waals surface area contributed by atoms with Crippen LogP contribution in [0.5, 0.6) is 0 Å². The summed E-state index contributed by atoms with van der Waals surface area (Å²) in [5.41, 5.74) is 0.593. The van der Waals surface area contributed by atoms with Crippen molar-refractivity contribution in [1.29, 1.82) is 0 Å². The fourth-order valence-corrected chi connectivity index (χ4v) is 1.40. The molecule has 0 aromatic heterocycles. The Kier molecular flexibility index (Phi) is 4.62. The summed E-state index contributed by atoms with van der Waals surface area (Å²) in [6, 6.07) is 8.52. The summed E-state index contributed by atoms with van der Waals surface area (Å²) in [4.78, 5) is 0. The number of benzene rings is 1. The van der Waals surface area contributed by atoms with Crippen molar-refractivity contribution in [3.05, 3.63) is 35.9 Å². The molecule has 0 unspecified atom stereocenters. The van der Waals surface area contributed by atoms with Crippen molar-refractivity contribution in [1.82, 2.24) is 0 Å². The van der Waals surface area contributed by atoms with E-state index in [1.54, 1.807) is 30.3 Å². The molecule has 5 heteroatoms. The fourth-order valence-electron chi connectivity index (χ4n) is 0.785. The van der Waals surface area contributed by atoms with E-state index in [0.29, 0.717) is 5.56 Å². The Labute approximate surface area is 84.6 Å². The van der Waals surface area contributed by atoms with Gasteiger partial charge in [-0.1, -0.05) is 30.3 Å². The Balaban J connectivity index is 0.00000121. The Bertz CT molecular complexity index is 320. The van der Waals surface area contributed by atoms with E-state index in [0.717, 1.165) is 0 Å². The van der Waals surface area contributed by atoms with Crippen molar-refractivity contribution >= 4 is 29.9 Å². The molecule has 0 bridgehead atoms. The Morgan fingerprint density at radius 2 is 1.67 bits per heavy atom. The molecule has 3 nitrogen and oxygen atoms in total. The molecule has 0 aliphatic heterocycles. The van der Waals surface area contributed by atoms with E-state index in [1.807, 2.05) is 0 Å². The minimum absolute atomic E-state index is 0. The second-order valence-electron chi connectivity index (χ2n) is 2.21. The van der Waals surface area contributed by atoms with Gasteiger partial charge in [-0.3, -0.25) is 4.55 Å². The van der Waals surface area contributed by atoms with Crippen LogP contribution in [0.1, 0.15) is 5.56 Å². The topological polar surface area (TPSA) is 54.4 Å². The fraction of sp³-hybridized carbons (Fsp3) is 0.143. The minimum atomic E-state index is -3.88. The third-order valence-corrected chi connectivity index (χ3v) is 1.89. The predicted octanol–water partition coefficient (Wildman–Crippen LogP) is -0.109. The van der Waals surface area contributed by atoms with Gasteiger partial charge < -0.3 is 0 Å². The molecule has 0 fully saturated rings. The van der Waals surface area contributed by atoms with Crippen molar-refractivity contribution in [3.8, 4) is 0 Å². The average Bonchev–Trinajstić information content (AvgIpc) is 1.85. The van der Waals surface area contributed by atoms with Gasteiger partial charge in [0.05, 0.1) is 0 Å². The first-order chi connectivity index (χ1) is 5.08. The van der Waals surface area contributed by atoms with Crippen LogP contribution in [0.3, 0.4) is 0 Å². The summed E-state index contributed by atoms with van der Waals surface area (Å²) >= 11 is 0. The predicted molar refractivity (Wildman–Crippen MR) is 51.6 cm³/mol. The zero-order valence-electron chi connectivity index (χ0n) is 5.77. The molecule has 0 saturated heterocycles. The molecule has 0 aliphatic rings. The molecule has 0 radical (unpaired) electrons. The van der Waals surface area contributed by atoms with E-state index in [1.165, 1.54) is 0 Å². The molecule has 0 atom stereocenters. The first-order valence-electron chi connectivity index (χ1n) is 3.07. The molecular weight excluding hydrogens is 234 g/mol. The SMILES string of the molecule is O=S(=O)(O)Cc1ccccc1.[GaH3]. The van der Waals surface area contributed by atoms with Crippen LogP contribution in [0.25, 0.3) is 0 Å². The van der Waals surface area contributed by atoms with E-state index in [9.17, 15) is 8.42 Å². The second kappa shape index (κ2) is 4.71. The molecule has 1 N–H and O–H groups in total. The number of rotatable bonds is 2. The third kappa shape index (κ3) is 4.61. The third-order valence-electron chi connectivity index (χ3n) is 1.19. The van der Waals surface area contributed by atoms with Gasteiger partial charge >= 0.3 is 19.8 Å². The molecule has 0 aliphatic carbocycles. The van der Waals surface area contributed by atoms with Gasteiger partial charge in [0.15, 0.2) is 0 Å². The van der Waals surface area contributed by atoms with E-state index < -0.39 is 10.1 Å². The van der Waals surface area contributed by atoms with Gasteiger partial charge in [0.25, 0.3) is 10.1 Å². The van der Waals surface area contributed by atoms with Gasteiger partial charge in [0.2, 0.25) is 0 Å². The molecule has 0 saturated carbocycles. The molecule has 12 heavy (non-hydrogen) atoms. The standard InChI is InChI=1S/C7H8O3S.Ga.3H/c8-11(9,10)6-7-4-2-1-3-5-7;;;;/h1-5H,6H2,(H,8,9,10);;;;. The van der Waals surface area contributed by atoms with Crippen molar-refractivity contribution in [3.63, 3.8) is 0 Å². The van der Waals surface area contributed by atoms with E-state index >= 15 is 0 Å². The van der Waals surface area contributed by atoms with Crippen LogP contribution >= 0.6 is 0 Å². The summed E-state index contributed by atoms with van der Waals surface area (Å²) in [6.07, 6.45) is 0. The first kappa shape index (κ1) is 11.8. The van der Waals surface area contributed by atoms with Gasteiger partial charge in [-0.15, -0.1) is 0 Å². The van der Waals surface area contributed by atoms with Crippen LogP contribution in [0.15, 0.2) is 30.3 Å². The van der Waals surface area contributed by atoms with E-state index in [-0.39, 0.29) is 25.5 Å². The van der Waals surface area contributed by atoms with E-state index in [4.69, 9.17) is 4.55 Å². The van der Waals surface area contributed by atoms with Crippen LogP contribution in [0.4, 0.5) is 0 Å². The summed E-state index contributed by atoms with van der Waals surface area (Å²) in [5.74, 6) is -0.312. The maximum atomic E-state index is 10.4. The summed E-state index contributed by atoms with van der Waals surface area (Å²) in [6.45, 7) is 0. The van der Waals surface area contributed by atoms with Crippen LogP contribution in [0.2, 0.25) is 0 Å². The summed E-state index contributed by atoms with van der Waals surface area (Å²) < 4.78 is 29.2. The van der Waals surface area contributed by atoms with Crippen molar-refractivity contribution in [2.75, 3.05) is 0 Å². The molecule has 66 valence electrons. The van der Waals surface area contributed by atoms with Gasteiger partial charge in [-0.2, -0.15) is 8.42 Å². The zero-order chi connectivity index (χ0) is 8.32. The van der Waals surface area contributed by atoms with Gasteiger partial charge in [0.1, 0.15) is 5.75 Å². The van der Waals surface area contributed by atoms with Crippen molar-refractivity contribution in [2.24, 2.45) is 0 Å². The quantitative estimate of drug-likeness (QED) is 0.584. The Morgan fingerprint density at radius 3 is 2.08 bits per heavy atom. The summed E-state index contributed by atoms with van der Waals surface area (Å²) in [5, 5.41) is 0. The van der Waals surface area contributed by atoms with Crippen molar-refractivity contribution < 1.29 is 13.0 Å². The molecule has 1 rings (SSSR count). The molecule has 0 amide bonds. The van der Waals surface area contributed by atoms with Crippen LogP contribution < -0.4 is 0 Å². The molecule has 0 spiro atoms. The average molecular weight is 245 g/mol. The first-order valence-corrected chi connectivity index (χ1v) is 4.68. The van der Waals surface area contributed by atoms with Crippen LogP contribution in [0, 0.1) is 0 Å². The Morgan fingerprint density at radius 1 is 1.17 bits per heavy atom. The van der Waals surface area contributed by atoms with Crippen molar-refractivity contribution in [2.45, 2.75) is 5.75 Å². The molecule has 1 aromatic carbocycles. The van der Waals surface area contributed by atoms with Crippen LogP contribution in [-0.4, -0.2) is 32.8 Å². The van der Waals surface area contributed by atoms with Gasteiger partial charge in [-0.25, -0.2) is 0 Å². The normalized spacial score (nSPS) is 10.4. The van der Waals surface area contributed by atoms with E-state index in [2.05, 4.69) is 0 Å². The number of hydrogen-bond acceptors (Lipinski definition) is 2. The second-order valence-corrected chi connectivity index (χ2v) is 3.66. The molecular formula is C7H11GaO3S. The molecule has 0 heterocycles. The number of hydrogen-bond donors (Lipinski definition) is 1. The van der Waals surface area contributed by atoms with Gasteiger partial charge in [0, 0.05) is 0 Å². The maximum absolute atomic E-state index is 10.4. The van der Waals surface area contributed by atoms with Gasteiger partial charge in [-0.05, 0) is 5.56 Å². The summed E-state index contributed by atoms with van der Waals surface area (Å²) in [7, 11) is -3.88. The molecule has 1 aromatic rings. The monoisotopic (exact) mass is 244 g/mol.